The quantitative estimate of drug-likeness (QED) is 0.629. The van der Waals surface area contributed by atoms with E-state index in [1.165, 1.54) is 12.1 Å². The Bertz CT molecular complexity index is 814. The maximum Gasteiger partial charge on any atom is 0.416 e. The number of rotatable bonds is 3. The molecule has 0 bridgehead atoms. The van der Waals surface area contributed by atoms with E-state index in [1.807, 2.05) is 28.8 Å². The van der Waals surface area contributed by atoms with Crippen molar-refractivity contribution in [3.63, 3.8) is 0 Å². The number of benzene rings is 2. The Morgan fingerprint density at radius 1 is 1.05 bits per heavy atom. The summed E-state index contributed by atoms with van der Waals surface area (Å²) < 4.78 is 39.9. The van der Waals surface area contributed by atoms with Crippen LogP contribution in [0, 0.1) is 0 Å². The molecule has 0 aliphatic carbocycles. The van der Waals surface area contributed by atoms with Gasteiger partial charge >= 0.3 is 6.18 Å². The molecule has 0 aliphatic rings. The summed E-state index contributed by atoms with van der Waals surface area (Å²) >= 11 is 0. The van der Waals surface area contributed by atoms with Gasteiger partial charge in [0, 0.05) is 12.1 Å². The van der Waals surface area contributed by atoms with Crippen molar-refractivity contribution in [3.05, 3.63) is 66.7 Å². The first-order valence-corrected chi connectivity index (χ1v) is 6.74. The molecule has 22 heavy (non-hydrogen) atoms. The van der Waals surface area contributed by atoms with E-state index in [0.29, 0.717) is 17.9 Å². The summed E-state index contributed by atoms with van der Waals surface area (Å²) in [4.78, 5) is 4.53. The lowest BCUT2D eigenvalue weighted by Crippen LogP contribution is -2.04. The van der Waals surface area contributed by atoms with Crippen molar-refractivity contribution >= 4 is 11.0 Å². The number of nitrogens with zero attached hydrogens (tertiary/aromatic N) is 2. The van der Waals surface area contributed by atoms with Crippen LogP contribution in [0.5, 0.6) is 0 Å². The van der Waals surface area contributed by atoms with E-state index in [4.69, 9.17) is 0 Å². The smallest absolute Gasteiger partial charge is 0.320 e. The highest BCUT2D eigenvalue weighted by molar-refractivity contribution is 5.80. The average molecular weight is 302 g/mol. The van der Waals surface area contributed by atoms with Crippen molar-refractivity contribution in [2.75, 3.05) is 0 Å². The van der Waals surface area contributed by atoms with Crippen LogP contribution in [-0.4, -0.2) is 9.55 Å². The van der Waals surface area contributed by atoms with Gasteiger partial charge in [0.25, 0.3) is 0 Å². The van der Waals surface area contributed by atoms with Gasteiger partial charge in [-0.15, -0.1) is 6.58 Å². The summed E-state index contributed by atoms with van der Waals surface area (Å²) in [5.41, 5.74) is 1.71. The molecule has 112 valence electrons. The summed E-state index contributed by atoms with van der Waals surface area (Å²) in [6, 6.07) is 12.6. The second kappa shape index (κ2) is 5.33. The standard InChI is InChI=1S/C17H13F3N2/c1-2-11-22-15-6-4-3-5-14(15)21-16(22)12-7-9-13(10-8-12)17(18,19)20/h2-10H,1,11H2. The van der Waals surface area contributed by atoms with Gasteiger partial charge in [0.1, 0.15) is 5.82 Å². The lowest BCUT2D eigenvalue weighted by molar-refractivity contribution is -0.137. The van der Waals surface area contributed by atoms with Crippen LogP contribution in [0.3, 0.4) is 0 Å². The highest BCUT2D eigenvalue weighted by Gasteiger charge is 2.30. The van der Waals surface area contributed by atoms with Crippen LogP contribution in [0.4, 0.5) is 13.2 Å². The SMILES string of the molecule is C=CCn1c(-c2ccc(C(F)(F)F)cc2)nc2ccccc21. The summed E-state index contributed by atoms with van der Waals surface area (Å²) in [5, 5.41) is 0. The first kappa shape index (κ1) is 14.4. The van der Waals surface area contributed by atoms with Crippen LogP contribution < -0.4 is 0 Å². The zero-order valence-corrected chi connectivity index (χ0v) is 11.6. The lowest BCUT2D eigenvalue weighted by Gasteiger charge is -2.09. The van der Waals surface area contributed by atoms with Crippen LogP contribution in [0.15, 0.2) is 61.2 Å². The van der Waals surface area contributed by atoms with E-state index < -0.39 is 11.7 Å². The molecule has 3 rings (SSSR count). The van der Waals surface area contributed by atoms with Crippen LogP contribution in [0.2, 0.25) is 0 Å². The van der Waals surface area contributed by atoms with Crippen LogP contribution in [0.25, 0.3) is 22.4 Å². The number of alkyl halides is 3. The Balaban J connectivity index is 2.13. The number of halogens is 3. The second-order valence-electron chi connectivity index (χ2n) is 4.90. The minimum absolute atomic E-state index is 0.539. The first-order chi connectivity index (χ1) is 10.5. The molecule has 0 fully saturated rings. The van der Waals surface area contributed by atoms with Gasteiger partial charge in [-0.1, -0.05) is 30.3 Å². The molecule has 0 atom stereocenters. The highest BCUT2D eigenvalue weighted by atomic mass is 19.4. The number of fused-ring (bicyclic) bond motifs is 1. The molecule has 2 nitrogen and oxygen atoms in total. The fourth-order valence-electron chi connectivity index (χ4n) is 2.42. The molecule has 1 heterocycles. The third kappa shape index (κ3) is 2.50. The molecule has 5 heteroatoms. The molecule has 1 aromatic heterocycles. The average Bonchev–Trinajstić information content (AvgIpc) is 2.86. The van der Waals surface area contributed by atoms with Crippen molar-refractivity contribution < 1.29 is 13.2 Å². The van der Waals surface area contributed by atoms with Crippen LogP contribution >= 0.6 is 0 Å². The molecule has 0 unspecified atom stereocenters. The molecule has 2 aromatic carbocycles. The third-order valence-electron chi connectivity index (χ3n) is 3.44. The third-order valence-corrected chi connectivity index (χ3v) is 3.44. The molecule has 0 amide bonds. The van der Waals surface area contributed by atoms with E-state index in [0.717, 1.165) is 23.2 Å². The maximum absolute atomic E-state index is 12.7. The van der Waals surface area contributed by atoms with Gasteiger partial charge in [-0.25, -0.2) is 4.98 Å². The minimum atomic E-state index is -4.33. The van der Waals surface area contributed by atoms with Gasteiger partial charge in [0.2, 0.25) is 0 Å². The molecule has 0 aliphatic heterocycles. The molecular weight excluding hydrogens is 289 g/mol. The largest absolute Gasteiger partial charge is 0.416 e. The zero-order chi connectivity index (χ0) is 15.7. The topological polar surface area (TPSA) is 17.8 Å². The molecule has 0 saturated heterocycles. The lowest BCUT2D eigenvalue weighted by atomic mass is 10.1. The number of hydrogen-bond donors (Lipinski definition) is 0. The van der Waals surface area contributed by atoms with Gasteiger partial charge in [-0.05, 0) is 24.3 Å². The number of aromatic nitrogens is 2. The molecule has 0 saturated carbocycles. The number of imidazole rings is 1. The molecule has 0 spiro atoms. The first-order valence-electron chi connectivity index (χ1n) is 6.74. The minimum Gasteiger partial charge on any atom is -0.320 e. The van der Waals surface area contributed by atoms with E-state index >= 15 is 0 Å². The summed E-state index contributed by atoms with van der Waals surface area (Å²) in [7, 11) is 0. The number of hydrogen-bond acceptors (Lipinski definition) is 1. The molecule has 0 radical (unpaired) electrons. The van der Waals surface area contributed by atoms with Crippen molar-refractivity contribution in [2.24, 2.45) is 0 Å². The predicted molar refractivity (Wildman–Crippen MR) is 80.4 cm³/mol. The van der Waals surface area contributed by atoms with E-state index in [-0.39, 0.29) is 0 Å². The fourth-order valence-corrected chi connectivity index (χ4v) is 2.42. The Morgan fingerprint density at radius 3 is 2.36 bits per heavy atom. The van der Waals surface area contributed by atoms with Gasteiger partial charge in [-0.3, -0.25) is 0 Å². The van der Waals surface area contributed by atoms with Gasteiger partial charge in [0.05, 0.1) is 16.6 Å². The Kier molecular flexibility index (Phi) is 3.48. The van der Waals surface area contributed by atoms with E-state index in [9.17, 15) is 13.2 Å². The van der Waals surface area contributed by atoms with Crippen molar-refractivity contribution in [2.45, 2.75) is 12.7 Å². The maximum atomic E-state index is 12.7. The van der Waals surface area contributed by atoms with Crippen molar-refractivity contribution in [1.29, 1.82) is 0 Å². The summed E-state index contributed by atoms with van der Waals surface area (Å²) in [6.45, 7) is 4.26. The van der Waals surface area contributed by atoms with Gasteiger partial charge in [0.15, 0.2) is 0 Å². The van der Waals surface area contributed by atoms with Gasteiger partial charge < -0.3 is 4.57 Å². The fraction of sp³-hybridized carbons (Fsp3) is 0.118. The normalized spacial score (nSPS) is 11.8. The van der Waals surface area contributed by atoms with Crippen LogP contribution in [-0.2, 0) is 12.7 Å². The Morgan fingerprint density at radius 2 is 1.73 bits per heavy atom. The van der Waals surface area contributed by atoms with Crippen LogP contribution in [0.1, 0.15) is 5.56 Å². The van der Waals surface area contributed by atoms with Gasteiger partial charge in [-0.2, -0.15) is 13.2 Å². The van der Waals surface area contributed by atoms with Crippen molar-refractivity contribution in [1.82, 2.24) is 9.55 Å². The summed E-state index contributed by atoms with van der Waals surface area (Å²) in [6.07, 6.45) is -2.60. The highest BCUT2D eigenvalue weighted by Crippen LogP contribution is 2.31. The Labute approximate surface area is 125 Å². The molecule has 0 N–H and O–H groups in total. The number of para-hydroxylation sites is 2. The predicted octanol–water partition coefficient (Wildman–Crippen LogP) is 4.91. The number of allylic oxidation sites excluding steroid dienone is 1. The van der Waals surface area contributed by atoms with Crippen molar-refractivity contribution in [3.8, 4) is 11.4 Å². The second-order valence-corrected chi connectivity index (χ2v) is 4.90. The molecular formula is C17H13F3N2. The molecule has 3 aromatic rings. The monoisotopic (exact) mass is 302 g/mol. The summed E-state index contributed by atoms with van der Waals surface area (Å²) in [5.74, 6) is 0.634. The van der Waals surface area contributed by atoms with E-state index in [2.05, 4.69) is 11.6 Å². The van der Waals surface area contributed by atoms with E-state index in [1.54, 1.807) is 6.08 Å². The Hall–Kier alpha value is -2.56. The zero-order valence-electron chi connectivity index (χ0n) is 11.6.